The molecule has 1 aromatic heterocycles. The van der Waals surface area contributed by atoms with E-state index in [1.165, 1.54) is 31.2 Å². The van der Waals surface area contributed by atoms with Crippen molar-refractivity contribution >= 4 is 27.9 Å². The summed E-state index contributed by atoms with van der Waals surface area (Å²) < 4.78 is 16.5. The van der Waals surface area contributed by atoms with Crippen molar-refractivity contribution in [3.8, 4) is 11.5 Å². The van der Waals surface area contributed by atoms with Gasteiger partial charge >= 0.3 is 5.97 Å². The molecule has 0 radical (unpaired) electrons. The van der Waals surface area contributed by atoms with E-state index in [2.05, 4.69) is 0 Å². The van der Waals surface area contributed by atoms with Gasteiger partial charge < -0.3 is 34.3 Å². The van der Waals surface area contributed by atoms with Crippen LogP contribution in [-0.4, -0.2) is 51.0 Å². The molecule has 3 aromatic rings. The van der Waals surface area contributed by atoms with E-state index in [9.17, 15) is 30.0 Å². The zero-order valence-corrected chi connectivity index (χ0v) is 15.2. The fourth-order valence-corrected chi connectivity index (χ4v) is 3.45. The second kappa shape index (κ2) is 7.03. The molecule has 9 heteroatoms. The molecule has 1 saturated heterocycles. The number of carbonyl (C=O) groups is 1. The summed E-state index contributed by atoms with van der Waals surface area (Å²) in [4.78, 5) is 24.1. The maximum Gasteiger partial charge on any atom is 0.333 e. The number of phenolic OH excluding ortho intramolecular Hbond substituents is 1. The smallest absolute Gasteiger partial charge is 0.333 e. The van der Waals surface area contributed by atoms with Gasteiger partial charge in [-0.3, -0.25) is 4.79 Å². The highest BCUT2D eigenvalue weighted by Gasteiger charge is 2.46. The predicted molar refractivity (Wildman–Crippen MR) is 99.8 cm³/mol. The highest BCUT2D eigenvalue weighted by atomic mass is 16.7. The van der Waals surface area contributed by atoms with Crippen LogP contribution >= 0.6 is 0 Å². The molecule has 1 aliphatic heterocycles. The quantitative estimate of drug-likeness (QED) is 0.474. The van der Waals surface area contributed by atoms with Gasteiger partial charge in [0.05, 0.1) is 11.5 Å². The fourth-order valence-electron chi connectivity index (χ4n) is 3.45. The Morgan fingerprint density at radius 1 is 1.10 bits per heavy atom. The molecule has 0 bridgehead atoms. The van der Waals surface area contributed by atoms with Crippen LogP contribution in [0.25, 0.3) is 21.9 Å². The summed E-state index contributed by atoms with van der Waals surface area (Å²) in [6.07, 6.45) is -5.69. The number of benzene rings is 2. The van der Waals surface area contributed by atoms with Crippen molar-refractivity contribution in [3.05, 3.63) is 46.6 Å². The van der Waals surface area contributed by atoms with Crippen molar-refractivity contribution in [2.24, 2.45) is 5.92 Å². The van der Waals surface area contributed by atoms with Gasteiger partial charge in [-0.1, -0.05) is 13.0 Å². The molecule has 29 heavy (non-hydrogen) atoms. The molecule has 5 atom stereocenters. The molecule has 2 heterocycles. The van der Waals surface area contributed by atoms with Crippen LogP contribution in [0.5, 0.6) is 11.5 Å². The zero-order chi connectivity index (χ0) is 20.9. The van der Waals surface area contributed by atoms with Crippen LogP contribution in [0.3, 0.4) is 0 Å². The van der Waals surface area contributed by atoms with Crippen molar-refractivity contribution in [2.45, 2.75) is 31.5 Å². The lowest BCUT2D eigenvalue weighted by Gasteiger charge is -2.39. The molecule has 0 aliphatic carbocycles. The van der Waals surface area contributed by atoms with Crippen molar-refractivity contribution in [1.82, 2.24) is 0 Å². The van der Waals surface area contributed by atoms with Gasteiger partial charge in [0.15, 0.2) is 6.10 Å². The Morgan fingerprint density at radius 2 is 1.86 bits per heavy atom. The number of phenols is 1. The molecule has 0 spiro atoms. The first-order valence-electron chi connectivity index (χ1n) is 8.87. The maximum atomic E-state index is 12.8. The second-order valence-corrected chi connectivity index (χ2v) is 6.96. The lowest BCUT2D eigenvalue weighted by atomic mass is 9.91. The van der Waals surface area contributed by atoms with E-state index in [1.807, 2.05) is 0 Å². The molecule has 1 fully saturated rings. The zero-order valence-electron chi connectivity index (χ0n) is 15.2. The van der Waals surface area contributed by atoms with E-state index < -0.39 is 41.9 Å². The lowest BCUT2D eigenvalue weighted by Crippen LogP contribution is -2.57. The molecule has 1 aliphatic rings. The van der Waals surface area contributed by atoms with Crippen LogP contribution < -0.4 is 10.2 Å². The van der Waals surface area contributed by atoms with Crippen LogP contribution in [0.4, 0.5) is 0 Å². The number of hydrogen-bond donors (Lipinski definition) is 4. The van der Waals surface area contributed by atoms with E-state index in [0.29, 0.717) is 0 Å². The number of ether oxygens (including phenoxy) is 2. The third-order valence-electron chi connectivity index (χ3n) is 5.07. The Hall–Kier alpha value is -3.14. The summed E-state index contributed by atoms with van der Waals surface area (Å²) >= 11 is 0. The average Bonchev–Trinajstić information content (AvgIpc) is 2.68. The Labute approximate surface area is 163 Å². The van der Waals surface area contributed by atoms with Gasteiger partial charge in [0.2, 0.25) is 11.7 Å². The number of fused-ring (bicyclic) bond motifs is 2. The monoisotopic (exact) mass is 402 g/mol. The Balaban J connectivity index is 1.72. The second-order valence-electron chi connectivity index (χ2n) is 6.96. The van der Waals surface area contributed by atoms with Gasteiger partial charge in [-0.15, -0.1) is 0 Å². The van der Waals surface area contributed by atoms with E-state index >= 15 is 0 Å². The van der Waals surface area contributed by atoms with Crippen LogP contribution in [0.1, 0.15) is 6.92 Å². The number of carboxylic acids is 1. The lowest BCUT2D eigenvalue weighted by molar-refractivity contribution is -0.256. The standard InChI is InChI=1S/C20H18O9/c1-8-15(22)17(24)20(29-18(8)19(25)26)27-9-5-6-12-10(7-9)16(23)14-11(21)3-2-4-13(14)28-12/h2-8,15,17-18,20-22,24H,1H3,(H,25,26)/t8-,15-,17+,18-,20+/m1/s1. The number of aromatic hydroxyl groups is 1. The van der Waals surface area contributed by atoms with Crippen molar-refractivity contribution in [1.29, 1.82) is 0 Å². The van der Waals surface area contributed by atoms with Crippen LogP contribution in [-0.2, 0) is 9.53 Å². The SMILES string of the molecule is C[C@@H]1[C@@H](O)[C@H](O)[C@@H](Oc2ccc3oc4cccc(O)c4c(=O)c3c2)O[C@H]1C(=O)O. The molecule has 9 nitrogen and oxygen atoms in total. The van der Waals surface area contributed by atoms with E-state index in [0.717, 1.165) is 0 Å². The van der Waals surface area contributed by atoms with E-state index in [1.54, 1.807) is 12.1 Å². The molecule has 2 aromatic carbocycles. The highest BCUT2D eigenvalue weighted by Crippen LogP contribution is 2.30. The molecular formula is C20H18O9. The maximum absolute atomic E-state index is 12.8. The summed E-state index contributed by atoms with van der Waals surface area (Å²) in [5, 5.41) is 39.7. The average molecular weight is 402 g/mol. The number of aliphatic hydroxyl groups excluding tert-OH is 2. The Kier molecular flexibility index (Phi) is 4.65. The van der Waals surface area contributed by atoms with Gasteiger partial charge in [0.25, 0.3) is 0 Å². The minimum absolute atomic E-state index is 0.0151. The first-order chi connectivity index (χ1) is 13.8. The number of aliphatic carboxylic acids is 1. The largest absolute Gasteiger partial charge is 0.507 e. The summed E-state index contributed by atoms with van der Waals surface area (Å²) in [7, 11) is 0. The van der Waals surface area contributed by atoms with Crippen molar-refractivity contribution in [3.63, 3.8) is 0 Å². The number of carboxylic acid groups (broad SMARTS) is 1. The van der Waals surface area contributed by atoms with E-state index in [-0.39, 0.29) is 33.4 Å². The predicted octanol–water partition coefficient (Wildman–Crippen LogP) is 1.20. The summed E-state index contributed by atoms with van der Waals surface area (Å²) in [5.41, 5.74) is -0.00164. The number of hydrogen-bond acceptors (Lipinski definition) is 8. The van der Waals surface area contributed by atoms with Crippen LogP contribution in [0, 0.1) is 5.92 Å². The van der Waals surface area contributed by atoms with Gasteiger partial charge in [0, 0.05) is 5.92 Å². The molecule has 4 N–H and O–H groups in total. The fraction of sp³-hybridized carbons (Fsp3) is 0.300. The Bertz CT molecular complexity index is 1150. The summed E-state index contributed by atoms with van der Waals surface area (Å²) in [6, 6.07) is 8.74. The normalized spacial score (nSPS) is 27.2. The minimum atomic E-state index is -1.49. The molecule has 0 unspecified atom stereocenters. The van der Waals surface area contributed by atoms with Crippen molar-refractivity contribution in [2.75, 3.05) is 0 Å². The molecule has 0 saturated carbocycles. The third kappa shape index (κ3) is 3.19. The summed E-state index contributed by atoms with van der Waals surface area (Å²) in [5.74, 6) is -2.27. The van der Waals surface area contributed by atoms with Crippen molar-refractivity contribution < 1.29 is 39.1 Å². The number of rotatable bonds is 3. The van der Waals surface area contributed by atoms with E-state index in [4.69, 9.17) is 13.9 Å². The van der Waals surface area contributed by atoms with Gasteiger partial charge in [-0.25, -0.2) is 4.79 Å². The minimum Gasteiger partial charge on any atom is -0.507 e. The third-order valence-corrected chi connectivity index (χ3v) is 5.07. The molecule has 152 valence electrons. The Morgan fingerprint density at radius 3 is 2.59 bits per heavy atom. The topological polar surface area (TPSA) is 147 Å². The van der Waals surface area contributed by atoms with Crippen LogP contribution in [0.15, 0.2) is 45.6 Å². The van der Waals surface area contributed by atoms with Gasteiger partial charge in [-0.05, 0) is 30.3 Å². The number of aliphatic hydroxyl groups is 2. The van der Waals surface area contributed by atoms with Gasteiger partial charge in [0.1, 0.15) is 34.2 Å². The molecule has 4 rings (SSSR count). The van der Waals surface area contributed by atoms with Crippen LogP contribution in [0.2, 0.25) is 0 Å². The van der Waals surface area contributed by atoms with Gasteiger partial charge in [-0.2, -0.15) is 0 Å². The first-order valence-corrected chi connectivity index (χ1v) is 8.87. The first kappa shape index (κ1) is 19.2. The summed E-state index contributed by atoms with van der Waals surface area (Å²) in [6.45, 7) is 1.45. The molecular weight excluding hydrogens is 384 g/mol. The highest BCUT2D eigenvalue weighted by molar-refractivity contribution is 5.93. The molecule has 0 amide bonds.